The minimum atomic E-state index is 0.198. The van der Waals surface area contributed by atoms with Crippen LogP contribution in [-0.2, 0) is 21.7 Å². The summed E-state index contributed by atoms with van der Waals surface area (Å²) in [5.41, 5.74) is 19.2. The Labute approximate surface area is 346 Å². The van der Waals surface area contributed by atoms with Gasteiger partial charge in [-0.2, -0.15) is 0 Å². The third kappa shape index (κ3) is 3.93. The Bertz CT molecular complexity index is 2560. The monoisotopic (exact) mass is 757 g/mol. The van der Waals surface area contributed by atoms with E-state index in [9.17, 15) is 0 Å². The van der Waals surface area contributed by atoms with Crippen molar-refractivity contribution in [3.8, 4) is 22.3 Å². The Morgan fingerprint density at radius 2 is 1.07 bits per heavy atom. The molecule has 5 aromatic rings. The molecule has 8 atom stereocenters. The standard InChI is InChI=1S/C57H59N/c1-53(2)21-22-54(3,4)50-28-38(11-19-49(50)53)37-9-14-42(15-10-37)58(43-16-12-39(13-17-43)55-31-34-23-35(32-55)25-40(55)24-34)44-18-20-48-46(30-44)45-7-5-6-8-47(45)57(48)51-27-36-26-41-29-52(57)56(41,51)33-36/h5-20,28,30,34-36,40-41,51-52H,21-27,29,31-33H2,1-4H3. The molecule has 5 aromatic carbocycles. The first kappa shape index (κ1) is 33.7. The van der Waals surface area contributed by atoms with Gasteiger partial charge in [-0.25, -0.2) is 0 Å². The van der Waals surface area contributed by atoms with Gasteiger partial charge in [0.15, 0.2) is 0 Å². The fourth-order valence-electron chi connectivity index (χ4n) is 17.7. The van der Waals surface area contributed by atoms with Crippen LogP contribution in [-0.4, -0.2) is 0 Å². The molecule has 6 bridgehead atoms. The maximum atomic E-state index is 2.61. The highest BCUT2D eigenvalue weighted by molar-refractivity contribution is 5.88. The second kappa shape index (κ2) is 10.8. The molecule has 292 valence electrons. The Balaban J connectivity index is 0.881. The van der Waals surface area contributed by atoms with E-state index in [1.807, 2.05) is 0 Å². The third-order valence-electron chi connectivity index (χ3n) is 19.9. The van der Waals surface area contributed by atoms with Crippen LogP contribution < -0.4 is 4.90 Å². The minimum Gasteiger partial charge on any atom is -0.310 e. The second-order valence-electron chi connectivity index (χ2n) is 23.0. The largest absolute Gasteiger partial charge is 0.310 e. The fourth-order valence-corrected chi connectivity index (χ4v) is 17.7. The minimum absolute atomic E-state index is 0.198. The van der Waals surface area contributed by atoms with Gasteiger partial charge in [0.1, 0.15) is 0 Å². The van der Waals surface area contributed by atoms with Gasteiger partial charge in [-0.15, -0.1) is 0 Å². The van der Waals surface area contributed by atoms with Crippen LogP contribution in [0.15, 0.2) is 109 Å². The summed E-state index contributed by atoms with van der Waals surface area (Å²) in [4.78, 5) is 2.58. The molecule has 15 rings (SSSR count). The van der Waals surface area contributed by atoms with Crippen molar-refractivity contribution in [3.05, 3.63) is 137 Å². The molecule has 2 spiro atoms. The molecular formula is C57H59N. The van der Waals surface area contributed by atoms with Crippen molar-refractivity contribution in [1.29, 1.82) is 0 Å². The van der Waals surface area contributed by atoms with Crippen molar-refractivity contribution in [3.63, 3.8) is 0 Å². The summed E-state index contributed by atoms with van der Waals surface area (Å²) < 4.78 is 0. The van der Waals surface area contributed by atoms with E-state index in [4.69, 9.17) is 0 Å². The van der Waals surface area contributed by atoms with Crippen molar-refractivity contribution in [2.45, 2.75) is 120 Å². The van der Waals surface area contributed by atoms with E-state index >= 15 is 0 Å². The number of rotatable bonds is 5. The van der Waals surface area contributed by atoms with E-state index in [0.29, 0.717) is 10.8 Å². The summed E-state index contributed by atoms with van der Waals surface area (Å²) in [6, 6.07) is 44.3. The molecule has 0 heterocycles. The van der Waals surface area contributed by atoms with Crippen molar-refractivity contribution in [1.82, 2.24) is 0 Å². The molecule has 8 saturated carbocycles. The van der Waals surface area contributed by atoms with Crippen LogP contribution in [0.5, 0.6) is 0 Å². The molecule has 0 amide bonds. The molecule has 10 aliphatic carbocycles. The lowest BCUT2D eigenvalue weighted by molar-refractivity contribution is -0.231. The molecule has 1 nitrogen and oxygen atoms in total. The zero-order chi connectivity index (χ0) is 38.6. The predicted octanol–water partition coefficient (Wildman–Crippen LogP) is 14.6. The van der Waals surface area contributed by atoms with Gasteiger partial charge in [0.25, 0.3) is 0 Å². The first-order valence-electron chi connectivity index (χ1n) is 23.5. The molecule has 0 radical (unpaired) electrons. The van der Waals surface area contributed by atoms with Gasteiger partial charge in [0.05, 0.1) is 0 Å². The van der Waals surface area contributed by atoms with Gasteiger partial charge in [-0.3, -0.25) is 0 Å². The summed E-state index contributed by atoms with van der Waals surface area (Å²) in [6.45, 7) is 9.75. The molecule has 8 fully saturated rings. The topological polar surface area (TPSA) is 3.24 Å². The lowest BCUT2D eigenvalue weighted by atomic mass is 9.27. The van der Waals surface area contributed by atoms with Gasteiger partial charge in [-0.1, -0.05) is 100 Å². The highest BCUT2D eigenvalue weighted by atomic mass is 15.1. The second-order valence-corrected chi connectivity index (χ2v) is 23.0. The zero-order valence-electron chi connectivity index (χ0n) is 35.2. The van der Waals surface area contributed by atoms with Crippen LogP contribution in [0, 0.1) is 46.8 Å². The molecule has 58 heavy (non-hydrogen) atoms. The number of hydrogen-bond acceptors (Lipinski definition) is 1. The van der Waals surface area contributed by atoms with Crippen LogP contribution >= 0.6 is 0 Å². The Kier molecular flexibility index (Phi) is 6.27. The molecule has 0 aliphatic heterocycles. The van der Waals surface area contributed by atoms with Gasteiger partial charge in [0.2, 0.25) is 0 Å². The van der Waals surface area contributed by atoms with Crippen LogP contribution in [0.25, 0.3) is 22.3 Å². The van der Waals surface area contributed by atoms with Crippen LogP contribution in [0.2, 0.25) is 0 Å². The van der Waals surface area contributed by atoms with Crippen LogP contribution in [0.3, 0.4) is 0 Å². The van der Waals surface area contributed by atoms with E-state index in [-0.39, 0.29) is 16.2 Å². The SMILES string of the molecule is CC1(C)CCC(C)(C)c2cc(-c3ccc(N(c4ccc(C56CC7CC(CC5C7)C6)cc4)c4ccc5c(c4)-c4ccccc4C54C5CC6CC7CC4C75C6)cc3)ccc21. The molecule has 1 heteroatoms. The van der Waals surface area contributed by atoms with Crippen molar-refractivity contribution < 1.29 is 0 Å². The molecular weight excluding hydrogens is 699 g/mol. The highest BCUT2D eigenvalue weighted by Gasteiger charge is 2.84. The van der Waals surface area contributed by atoms with E-state index < -0.39 is 0 Å². The average Bonchev–Trinajstić information content (AvgIpc) is 3.98. The van der Waals surface area contributed by atoms with Crippen molar-refractivity contribution >= 4 is 17.1 Å². The maximum absolute atomic E-state index is 2.61. The fraction of sp³-hybridized carbons (Fsp3) is 0.474. The molecule has 8 unspecified atom stereocenters. The van der Waals surface area contributed by atoms with Crippen LogP contribution in [0.1, 0.15) is 126 Å². The number of benzene rings is 5. The quantitative estimate of drug-likeness (QED) is 0.173. The molecule has 0 N–H and O–H groups in total. The van der Waals surface area contributed by atoms with Crippen LogP contribution in [0.4, 0.5) is 17.1 Å². The normalized spacial score (nSPS) is 37.6. The lowest BCUT2D eigenvalue weighted by Crippen LogP contribution is -2.73. The van der Waals surface area contributed by atoms with Gasteiger partial charge >= 0.3 is 0 Å². The van der Waals surface area contributed by atoms with E-state index in [1.165, 1.54) is 121 Å². The average molecular weight is 758 g/mol. The zero-order valence-corrected chi connectivity index (χ0v) is 35.2. The summed E-state index contributed by atoms with van der Waals surface area (Å²) in [6.07, 6.45) is 15.7. The summed E-state index contributed by atoms with van der Waals surface area (Å²) >= 11 is 0. The summed E-state index contributed by atoms with van der Waals surface area (Å²) in [7, 11) is 0. The smallest absolute Gasteiger partial charge is 0.0468 e. The van der Waals surface area contributed by atoms with Crippen molar-refractivity contribution in [2.75, 3.05) is 4.90 Å². The number of anilines is 3. The van der Waals surface area contributed by atoms with E-state index in [2.05, 4.69) is 142 Å². The van der Waals surface area contributed by atoms with Crippen molar-refractivity contribution in [2.24, 2.45) is 46.8 Å². The Hall–Kier alpha value is -4.10. The number of fused-ring (bicyclic) bond motifs is 9. The molecule has 0 aromatic heterocycles. The summed E-state index contributed by atoms with van der Waals surface area (Å²) in [5.74, 6) is 6.51. The number of nitrogens with zero attached hydrogens (tertiary/aromatic N) is 1. The first-order valence-corrected chi connectivity index (χ1v) is 23.5. The summed E-state index contributed by atoms with van der Waals surface area (Å²) in [5, 5.41) is 0. The van der Waals surface area contributed by atoms with E-state index in [0.717, 1.165) is 41.4 Å². The highest BCUT2D eigenvalue weighted by Crippen LogP contribution is 2.89. The van der Waals surface area contributed by atoms with Gasteiger partial charge in [-0.05, 0) is 220 Å². The predicted molar refractivity (Wildman–Crippen MR) is 238 cm³/mol. The van der Waals surface area contributed by atoms with E-state index in [1.54, 1.807) is 16.7 Å². The first-order chi connectivity index (χ1) is 28.1. The Morgan fingerprint density at radius 3 is 1.83 bits per heavy atom. The van der Waals surface area contributed by atoms with Gasteiger partial charge in [0, 0.05) is 22.5 Å². The molecule has 10 aliphatic rings. The molecule has 0 saturated heterocycles. The number of hydrogen-bond donors (Lipinski definition) is 0. The van der Waals surface area contributed by atoms with Gasteiger partial charge < -0.3 is 4.90 Å². The Morgan fingerprint density at radius 1 is 0.466 bits per heavy atom. The maximum Gasteiger partial charge on any atom is 0.0468 e. The lowest BCUT2D eigenvalue weighted by Gasteiger charge is -2.76. The third-order valence-corrected chi connectivity index (χ3v) is 19.9.